The van der Waals surface area contributed by atoms with Crippen molar-refractivity contribution in [2.24, 2.45) is 0 Å². The molecule has 102 valence electrons. The molecule has 0 spiro atoms. The Morgan fingerprint density at radius 1 is 1.32 bits per heavy atom. The molecule has 0 aromatic heterocycles. The molecule has 0 aliphatic carbocycles. The fraction of sp³-hybridized carbons (Fsp3) is 0.462. The van der Waals surface area contributed by atoms with Gasteiger partial charge in [-0.15, -0.1) is 0 Å². The zero-order chi connectivity index (χ0) is 13.1. The number of hydrogen-bond donors (Lipinski definition) is 2. The molecule has 1 aromatic carbocycles. The molecular formula is C13H16N2O3S. The van der Waals surface area contributed by atoms with E-state index in [2.05, 4.69) is 10.6 Å². The van der Waals surface area contributed by atoms with E-state index < -0.39 is 0 Å². The first-order valence-corrected chi connectivity index (χ1v) is 7.50. The smallest absolute Gasteiger partial charge is 0.242 e. The first-order chi connectivity index (χ1) is 9.33. The van der Waals surface area contributed by atoms with Gasteiger partial charge in [0.2, 0.25) is 5.91 Å². The number of rotatable bonds is 2. The van der Waals surface area contributed by atoms with Gasteiger partial charge in [0, 0.05) is 29.8 Å². The van der Waals surface area contributed by atoms with Crippen molar-refractivity contribution in [3.05, 3.63) is 18.2 Å². The monoisotopic (exact) mass is 280 g/mol. The zero-order valence-corrected chi connectivity index (χ0v) is 11.3. The van der Waals surface area contributed by atoms with Gasteiger partial charge in [-0.2, -0.15) is 11.8 Å². The van der Waals surface area contributed by atoms with Crippen molar-refractivity contribution in [1.29, 1.82) is 0 Å². The molecule has 1 aromatic rings. The van der Waals surface area contributed by atoms with Crippen LogP contribution >= 0.6 is 11.8 Å². The number of amides is 1. The summed E-state index contributed by atoms with van der Waals surface area (Å²) in [4.78, 5) is 12.1. The maximum absolute atomic E-state index is 12.1. The molecule has 2 aliphatic heterocycles. The van der Waals surface area contributed by atoms with Crippen LogP contribution < -0.4 is 20.1 Å². The van der Waals surface area contributed by atoms with Gasteiger partial charge < -0.3 is 20.1 Å². The van der Waals surface area contributed by atoms with Gasteiger partial charge in [0.1, 0.15) is 13.2 Å². The Bertz CT molecular complexity index is 475. The van der Waals surface area contributed by atoms with Crippen molar-refractivity contribution < 1.29 is 14.3 Å². The summed E-state index contributed by atoms with van der Waals surface area (Å²) in [6.07, 6.45) is 0. The number of ether oxygens (including phenoxy) is 2. The standard InChI is InChI=1S/C13H16N2O3S/c16-13(10-8-19-6-3-14-10)15-9-1-2-11-12(7-9)18-5-4-17-11/h1-2,7,10,14H,3-6,8H2,(H,15,16). The van der Waals surface area contributed by atoms with Crippen LogP contribution in [-0.2, 0) is 4.79 Å². The van der Waals surface area contributed by atoms with E-state index in [-0.39, 0.29) is 11.9 Å². The van der Waals surface area contributed by atoms with Gasteiger partial charge in [-0.1, -0.05) is 0 Å². The first-order valence-electron chi connectivity index (χ1n) is 6.34. The molecular weight excluding hydrogens is 264 g/mol. The number of fused-ring (bicyclic) bond motifs is 1. The van der Waals surface area contributed by atoms with Crippen molar-refractivity contribution in [2.75, 3.05) is 36.6 Å². The van der Waals surface area contributed by atoms with Crippen molar-refractivity contribution in [3.63, 3.8) is 0 Å². The summed E-state index contributed by atoms with van der Waals surface area (Å²) in [5.74, 6) is 3.30. The van der Waals surface area contributed by atoms with Gasteiger partial charge in [-0.05, 0) is 12.1 Å². The van der Waals surface area contributed by atoms with Gasteiger partial charge in [0.25, 0.3) is 0 Å². The summed E-state index contributed by atoms with van der Waals surface area (Å²) in [5, 5.41) is 6.12. The molecule has 3 rings (SSSR count). The minimum atomic E-state index is -0.119. The number of anilines is 1. The van der Waals surface area contributed by atoms with E-state index >= 15 is 0 Å². The fourth-order valence-corrected chi connectivity index (χ4v) is 3.02. The van der Waals surface area contributed by atoms with Gasteiger partial charge >= 0.3 is 0 Å². The van der Waals surface area contributed by atoms with E-state index in [0.717, 1.165) is 29.5 Å². The summed E-state index contributed by atoms with van der Waals surface area (Å²) < 4.78 is 10.9. The molecule has 6 heteroatoms. The van der Waals surface area contributed by atoms with Crippen LogP contribution in [0.15, 0.2) is 18.2 Å². The quantitative estimate of drug-likeness (QED) is 0.849. The highest BCUT2D eigenvalue weighted by Crippen LogP contribution is 2.32. The molecule has 5 nitrogen and oxygen atoms in total. The lowest BCUT2D eigenvalue weighted by atomic mass is 10.2. The molecule has 19 heavy (non-hydrogen) atoms. The Hall–Kier alpha value is -1.40. The summed E-state index contributed by atoms with van der Waals surface area (Å²) >= 11 is 1.80. The van der Waals surface area contributed by atoms with Crippen LogP contribution in [-0.4, -0.2) is 43.2 Å². The van der Waals surface area contributed by atoms with Crippen LogP contribution in [0.5, 0.6) is 11.5 Å². The molecule has 2 aliphatic rings. The third-order valence-corrected chi connectivity index (χ3v) is 4.11. The zero-order valence-electron chi connectivity index (χ0n) is 10.5. The number of carbonyl (C=O) groups excluding carboxylic acids is 1. The van der Waals surface area contributed by atoms with Crippen molar-refractivity contribution >= 4 is 23.4 Å². The number of hydrogen-bond acceptors (Lipinski definition) is 5. The number of benzene rings is 1. The molecule has 2 N–H and O–H groups in total. The molecule has 1 saturated heterocycles. The Morgan fingerprint density at radius 3 is 2.95 bits per heavy atom. The Morgan fingerprint density at radius 2 is 2.16 bits per heavy atom. The van der Waals surface area contributed by atoms with Crippen LogP contribution in [0.25, 0.3) is 0 Å². The lowest BCUT2D eigenvalue weighted by Crippen LogP contribution is -2.46. The molecule has 0 saturated carbocycles. The minimum Gasteiger partial charge on any atom is -0.486 e. The van der Waals surface area contributed by atoms with Crippen molar-refractivity contribution in [2.45, 2.75) is 6.04 Å². The predicted molar refractivity (Wildman–Crippen MR) is 75.2 cm³/mol. The Kier molecular flexibility index (Phi) is 3.79. The van der Waals surface area contributed by atoms with E-state index in [0.29, 0.717) is 19.0 Å². The average molecular weight is 280 g/mol. The lowest BCUT2D eigenvalue weighted by molar-refractivity contribution is -0.117. The molecule has 1 unspecified atom stereocenters. The van der Waals surface area contributed by atoms with E-state index in [1.165, 1.54) is 0 Å². The van der Waals surface area contributed by atoms with E-state index in [9.17, 15) is 4.79 Å². The Balaban J connectivity index is 1.67. The van der Waals surface area contributed by atoms with E-state index in [1.807, 2.05) is 18.2 Å². The number of carbonyl (C=O) groups is 1. The third kappa shape index (κ3) is 2.96. The molecule has 1 fully saturated rings. The largest absolute Gasteiger partial charge is 0.486 e. The molecule has 0 bridgehead atoms. The lowest BCUT2D eigenvalue weighted by Gasteiger charge is -2.23. The van der Waals surface area contributed by atoms with Crippen LogP contribution in [0.2, 0.25) is 0 Å². The predicted octanol–water partition coefficient (Wildman–Crippen LogP) is 1.10. The highest BCUT2D eigenvalue weighted by molar-refractivity contribution is 7.99. The SMILES string of the molecule is O=C(Nc1ccc2c(c1)OCCO2)C1CSCCN1. The van der Waals surface area contributed by atoms with Crippen LogP contribution in [0.1, 0.15) is 0 Å². The number of nitrogens with one attached hydrogen (secondary N) is 2. The average Bonchev–Trinajstić information content (AvgIpc) is 2.48. The van der Waals surface area contributed by atoms with E-state index in [4.69, 9.17) is 9.47 Å². The van der Waals surface area contributed by atoms with Gasteiger partial charge in [-0.3, -0.25) is 4.79 Å². The van der Waals surface area contributed by atoms with Gasteiger partial charge in [-0.25, -0.2) is 0 Å². The molecule has 1 amide bonds. The minimum absolute atomic E-state index is 0.00359. The topological polar surface area (TPSA) is 59.6 Å². The highest BCUT2D eigenvalue weighted by atomic mass is 32.2. The van der Waals surface area contributed by atoms with Gasteiger partial charge in [0.05, 0.1) is 6.04 Å². The second-order valence-electron chi connectivity index (χ2n) is 4.43. The van der Waals surface area contributed by atoms with Crippen LogP contribution in [0.4, 0.5) is 5.69 Å². The second-order valence-corrected chi connectivity index (χ2v) is 5.58. The molecule has 2 heterocycles. The summed E-state index contributed by atoms with van der Waals surface area (Å²) in [7, 11) is 0. The maximum Gasteiger partial charge on any atom is 0.242 e. The van der Waals surface area contributed by atoms with Gasteiger partial charge in [0.15, 0.2) is 11.5 Å². The third-order valence-electron chi connectivity index (χ3n) is 3.05. The van der Waals surface area contributed by atoms with Crippen LogP contribution in [0, 0.1) is 0 Å². The first kappa shape index (κ1) is 12.6. The maximum atomic E-state index is 12.1. The summed E-state index contributed by atoms with van der Waals surface area (Å²) in [6, 6.07) is 5.35. The molecule has 0 radical (unpaired) electrons. The van der Waals surface area contributed by atoms with Crippen molar-refractivity contribution in [3.8, 4) is 11.5 Å². The normalized spacial score (nSPS) is 21.8. The second kappa shape index (κ2) is 5.71. The van der Waals surface area contributed by atoms with Crippen molar-refractivity contribution in [1.82, 2.24) is 5.32 Å². The summed E-state index contributed by atoms with van der Waals surface area (Å²) in [5.41, 5.74) is 0.742. The Labute approximate surface area is 116 Å². The highest BCUT2D eigenvalue weighted by Gasteiger charge is 2.21. The molecule has 1 atom stereocenters. The van der Waals surface area contributed by atoms with Crippen LogP contribution in [0.3, 0.4) is 0 Å². The number of thioether (sulfide) groups is 1. The fourth-order valence-electron chi connectivity index (χ4n) is 2.08. The summed E-state index contributed by atoms with van der Waals surface area (Å²) in [6.45, 7) is 2.00. The van der Waals surface area contributed by atoms with E-state index in [1.54, 1.807) is 11.8 Å².